The van der Waals surface area contributed by atoms with E-state index in [0.29, 0.717) is 12.8 Å². The first-order valence-electron chi connectivity index (χ1n) is 10.1. The molecule has 0 N–H and O–H groups in total. The Kier molecular flexibility index (Phi) is 6.22. The smallest absolute Gasteiger partial charge is 0.244 e. The van der Waals surface area contributed by atoms with Crippen molar-refractivity contribution in [1.82, 2.24) is 9.91 Å². The van der Waals surface area contributed by atoms with E-state index in [4.69, 9.17) is 14.6 Å². The molecule has 2 heterocycles. The summed E-state index contributed by atoms with van der Waals surface area (Å²) in [5.74, 6) is 0.849. The van der Waals surface area contributed by atoms with E-state index in [1.165, 1.54) is 0 Å². The highest BCUT2D eigenvalue weighted by molar-refractivity contribution is 6.03. The van der Waals surface area contributed by atoms with E-state index in [2.05, 4.69) is 17.0 Å². The molecule has 6 nitrogen and oxygen atoms in total. The van der Waals surface area contributed by atoms with Gasteiger partial charge >= 0.3 is 0 Å². The molecule has 2 aromatic carbocycles. The summed E-state index contributed by atoms with van der Waals surface area (Å²) in [6, 6.07) is 17.9. The molecule has 0 saturated carbocycles. The van der Waals surface area contributed by atoms with E-state index >= 15 is 0 Å². The molecule has 0 spiro atoms. The summed E-state index contributed by atoms with van der Waals surface area (Å²) in [5.41, 5.74) is 3.01. The van der Waals surface area contributed by atoms with Crippen molar-refractivity contribution in [3.63, 3.8) is 0 Å². The molecule has 0 unspecified atom stereocenters. The van der Waals surface area contributed by atoms with Gasteiger partial charge in [0.1, 0.15) is 5.75 Å². The van der Waals surface area contributed by atoms with Gasteiger partial charge in [0.25, 0.3) is 0 Å². The Morgan fingerprint density at radius 2 is 1.93 bits per heavy atom. The van der Waals surface area contributed by atoms with Crippen LogP contribution in [0, 0.1) is 0 Å². The Morgan fingerprint density at radius 1 is 1.14 bits per heavy atom. The minimum Gasteiger partial charge on any atom is -0.497 e. The van der Waals surface area contributed by atoms with Crippen LogP contribution in [-0.4, -0.2) is 61.5 Å². The number of nitrogens with zero attached hydrogens (tertiary/aromatic N) is 3. The summed E-state index contributed by atoms with van der Waals surface area (Å²) in [4.78, 5) is 15.4. The first kappa shape index (κ1) is 19.6. The lowest BCUT2D eigenvalue weighted by Crippen LogP contribution is -2.39. The van der Waals surface area contributed by atoms with Crippen molar-refractivity contribution < 1.29 is 14.3 Å². The fourth-order valence-electron chi connectivity index (χ4n) is 3.85. The average Bonchev–Trinajstić information content (AvgIpc) is 3.24. The van der Waals surface area contributed by atoms with Crippen LogP contribution in [0.2, 0.25) is 0 Å². The highest BCUT2D eigenvalue weighted by Crippen LogP contribution is 2.33. The topological polar surface area (TPSA) is 54.4 Å². The van der Waals surface area contributed by atoms with Crippen LogP contribution >= 0.6 is 0 Å². The molecule has 0 bridgehead atoms. The number of methoxy groups -OCH3 is 1. The Hall–Kier alpha value is -2.70. The van der Waals surface area contributed by atoms with Crippen LogP contribution in [0.5, 0.6) is 5.75 Å². The fraction of sp³-hybridized carbons (Fsp3) is 0.391. The Balaban J connectivity index is 1.54. The van der Waals surface area contributed by atoms with Gasteiger partial charge in [-0.05, 0) is 17.7 Å². The van der Waals surface area contributed by atoms with E-state index in [0.717, 1.165) is 55.4 Å². The molecule has 29 heavy (non-hydrogen) atoms. The molecule has 0 aromatic heterocycles. The number of hydrazone groups is 1. The summed E-state index contributed by atoms with van der Waals surface area (Å²) in [6.45, 7) is 3.98. The number of hydrogen-bond donors (Lipinski definition) is 0. The van der Waals surface area contributed by atoms with Gasteiger partial charge in [0.05, 0.1) is 32.1 Å². The van der Waals surface area contributed by atoms with Crippen LogP contribution in [-0.2, 0) is 9.53 Å². The normalized spacial score (nSPS) is 19.8. The van der Waals surface area contributed by atoms with Crippen molar-refractivity contribution in [2.45, 2.75) is 18.9 Å². The van der Waals surface area contributed by atoms with Crippen LogP contribution in [0.3, 0.4) is 0 Å². The third-order valence-electron chi connectivity index (χ3n) is 5.50. The third-order valence-corrected chi connectivity index (χ3v) is 5.50. The van der Waals surface area contributed by atoms with Gasteiger partial charge in [-0.15, -0.1) is 0 Å². The summed E-state index contributed by atoms with van der Waals surface area (Å²) in [7, 11) is 1.66. The number of ether oxygens (including phenoxy) is 2. The van der Waals surface area contributed by atoms with E-state index in [1.54, 1.807) is 12.1 Å². The van der Waals surface area contributed by atoms with Crippen LogP contribution in [0.4, 0.5) is 0 Å². The second-order valence-corrected chi connectivity index (χ2v) is 7.35. The third kappa shape index (κ3) is 4.66. The molecule has 2 aliphatic heterocycles. The first-order valence-corrected chi connectivity index (χ1v) is 10.1. The number of benzene rings is 2. The van der Waals surface area contributed by atoms with Crippen molar-refractivity contribution in [3.05, 3.63) is 65.7 Å². The zero-order chi connectivity index (χ0) is 20.1. The minimum absolute atomic E-state index is 0.0586. The number of morpholine rings is 1. The number of rotatable bonds is 6. The molecular weight excluding hydrogens is 366 g/mol. The number of hydrogen-bond acceptors (Lipinski definition) is 5. The molecule has 4 rings (SSSR count). The van der Waals surface area contributed by atoms with Crippen molar-refractivity contribution in [3.8, 4) is 5.75 Å². The molecule has 1 fully saturated rings. The monoisotopic (exact) mass is 393 g/mol. The van der Waals surface area contributed by atoms with E-state index in [1.807, 2.05) is 42.5 Å². The average molecular weight is 393 g/mol. The molecule has 1 atom stereocenters. The van der Waals surface area contributed by atoms with Gasteiger partial charge in [0.2, 0.25) is 5.91 Å². The number of carbonyl (C=O) groups is 1. The molecule has 2 aromatic rings. The predicted octanol–water partition coefficient (Wildman–Crippen LogP) is 3.10. The first-order chi connectivity index (χ1) is 14.2. The number of carbonyl (C=O) groups excluding carboxylic acids is 1. The molecular formula is C23H27N3O3. The van der Waals surface area contributed by atoms with Crippen molar-refractivity contribution in [2.75, 3.05) is 40.0 Å². The molecule has 0 radical (unpaired) electrons. The lowest BCUT2D eigenvalue weighted by atomic mass is 9.98. The second-order valence-electron chi connectivity index (χ2n) is 7.35. The number of amides is 1. The summed E-state index contributed by atoms with van der Waals surface area (Å²) in [6.07, 6.45) is 1.15. The van der Waals surface area contributed by atoms with Gasteiger partial charge in [-0.3, -0.25) is 9.69 Å². The van der Waals surface area contributed by atoms with E-state index in [9.17, 15) is 4.79 Å². The molecule has 1 amide bonds. The van der Waals surface area contributed by atoms with Crippen LogP contribution in [0.15, 0.2) is 59.7 Å². The van der Waals surface area contributed by atoms with Crippen molar-refractivity contribution in [1.29, 1.82) is 0 Å². The second kappa shape index (κ2) is 9.20. The van der Waals surface area contributed by atoms with Crippen molar-refractivity contribution in [2.24, 2.45) is 5.10 Å². The zero-order valence-corrected chi connectivity index (χ0v) is 16.8. The van der Waals surface area contributed by atoms with Gasteiger partial charge in [-0.2, -0.15) is 5.10 Å². The van der Waals surface area contributed by atoms with Crippen LogP contribution < -0.4 is 4.74 Å². The zero-order valence-electron chi connectivity index (χ0n) is 16.8. The molecule has 6 heteroatoms. The SMILES string of the molecule is COc1cccc(C2=NN(C(=O)CCN3CCOCC3)[C@H](c3ccccc3)C2)c1. The summed E-state index contributed by atoms with van der Waals surface area (Å²) < 4.78 is 10.7. The lowest BCUT2D eigenvalue weighted by Gasteiger charge is -2.27. The highest BCUT2D eigenvalue weighted by Gasteiger charge is 2.33. The summed E-state index contributed by atoms with van der Waals surface area (Å²) >= 11 is 0. The lowest BCUT2D eigenvalue weighted by molar-refractivity contribution is -0.133. The maximum Gasteiger partial charge on any atom is 0.244 e. The molecule has 1 saturated heterocycles. The Bertz CT molecular complexity index is 863. The summed E-state index contributed by atoms with van der Waals surface area (Å²) in [5, 5.41) is 6.44. The maximum atomic E-state index is 13.1. The predicted molar refractivity (Wildman–Crippen MR) is 112 cm³/mol. The van der Waals surface area contributed by atoms with Gasteiger partial charge in [0.15, 0.2) is 0 Å². The molecule has 152 valence electrons. The minimum atomic E-state index is -0.0745. The van der Waals surface area contributed by atoms with E-state index in [-0.39, 0.29) is 11.9 Å². The van der Waals surface area contributed by atoms with E-state index < -0.39 is 0 Å². The molecule has 2 aliphatic rings. The fourth-order valence-corrected chi connectivity index (χ4v) is 3.85. The highest BCUT2D eigenvalue weighted by atomic mass is 16.5. The Morgan fingerprint density at radius 3 is 2.69 bits per heavy atom. The van der Waals surface area contributed by atoms with Gasteiger partial charge in [0, 0.05) is 38.0 Å². The van der Waals surface area contributed by atoms with Crippen LogP contribution in [0.1, 0.15) is 30.0 Å². The van der Waals surface area contributed by atoms with Gasteiger partial charge in [-0.1, -0.05) is 42.5 Å². The van der Waals surface area contributed by atoms with Gasteiger partial charge < -0.3 is 9.47 Å². The van der Waals surface area contributed by atoms with Crippen molar-refractivity contribution >= 4 is 11.6 Å². The molecule has 0 aliphatic carbocycles. The largest absolute Gasteiger partial charge is 0.497 e. The van der Waals surface area contributed by atoms with Gasteiger partial charge in [-0.25, -0.2) is 5.01 Å². The standard InChI is InChI=1S/C23H27N3O3/c1-28-20-9-5-8-19(16-20)21-17-22(18-6-3-2-4-7-18)26(24-21)23(27)10-11-25-12-14-29-15-13-25/h2-9,16,22H,10-15,17H2,1H3/t22-/m0/s1. The maximum absolute atomic E-state index is 13.1. The van der Waals surface area contributed by atoms with Crippen LogP contribution in [0.25, 0.3) is 0 Å². The quantitative estimate of drug-likeness (QED) is 0.757. The Labute approximate surface area is 171 Å².